The van der Waals surface area contributed by atoms with Gasteiger partial charge in [-0.3, -0.25) is 0 Å². The Hall–Kier alpha value is -0.480. The Morgan fingerprint density at radius 3 is 2.61 bits per heavy atom. The first kappa shape index (κ1) is 13.9. The molecule has 0 amide bonds. The molecule has 1 nitrogen and oxygen atoms in total. The van der Waals surface area contributed by atoms with Gasteiger partial charge >= 0.3 is 0 Å². The van der Waals surface area contributed by atoms with E-state index in [1.54, 1.807) is 6.07 Å². The van der Waals surface area contributed by atoms with E-state index in [9.17, 15) is 8.78 Å². The Morgan fingerprint density at radius 2 is 2.06 bits per heavy atom. The average Bonchev–Trinajstić information content (AvgIpc) is 2.71. The van der Waals surface area contributed by atoms with Crippen LogP contribution in [0.2, 0.25) is 0 Å². The van der Waals surface area contributed by atoms with Gasteiger partial charge in [-0.25, -0.2) is 0 Å². The van der Waals surface area contributed by atoms with E-state index in [-0.39, 0.29) is 10.3 Å². The van der Waals surface area contributed by atoms with Crippen LogP contribution in [0.3, 0.4) is 0 Å². The van der Waals surface area contributed by atoms with Crippen LogP contribution in [-0.2, 0) is 18.8 Å². The normalized spacial score (nSPS) is 20.9. The van der Waals surface area contributed by atoms with Gasteiger partial charge in [-0.2, -0.15) is 8.78 Å². The van der Waals surface area contributed by atoms with Crippen molar-refractivity contribution in [1.82, 2.24) is 0 Å². The highest BCUT2D eigenvalue weighted by Crippen LogP contribution is 2.43. The van der Waals surface area contributed by atoms with E-state index in [1.807, 2.05) is 0 Å². The Morgan fingerprint density at radius 1 is 1.39 bits per heavy atom. The van der Waals surface area contributed by atoms with E-state index in [1.165, 1.54) is 11.3 Å². The van der Waals surface area contributed by atoms with E-state index in [0.717, 1.165) is 29.7 Å². The number of thiophene rings is 1. The van der Waals surface area contributed by atoms with Crippen molar-refractivity contribution in [2.75, 3.05) is 6.54 Å². The SMILES string of the molecule is CC(C)(C)C1CCc2sc(C(F)(F)CN)cc2C1. The first-order valence-electron chi connectivity index (χ1n) is 6.44. The Balaban J connectivity index is 2.25. The van der Waals surface area contributed by atoms with Gasteiger partial charge in [-0.05, 0) is 42.2 Å². The summed E-state index contributed by atoms with van der Waals surface area (Å²) in [6.07, 6.45) is 2.96. The number of hydrogen-bond donors (Lipinski definition) is 1. The first-order chi connectivity index (χ1) is 8.24. The van der Waals surface area contributed by atoms with Crippen molar-refractivity contribution in [3.05, 3.63) is 21.4 Å². The summed E-state index contributed by atoms with van der Waals surface area (Å²) in [5.74, 6) is -2.28. The van der Waals surface area contributed by atoms with Gasteiger partial charge in [0, 0.05) is 4.88 Å². The molecular formula is C14H21F2NS. The van der Waals surface area contributed by atoms with Gasteiger partial charge in [0.05, 0.1) is 11.4 Å². The average molecular weight is 273 g/mol. The van der Waals surface area contributed by atoms with Crippen LogP contribution in [0.5, 0.6) is 0 Å². The Bertz CT molecular complexity index is 431. The minimum atomic E-state index is -2.86. The van der Waals surface area contributed by atoms with Gasteiger partial charge in [0.15, 0.2) is 0 Å². The molecule has 1 heterocycles. The second-order valence-electron chi connectivity index (χ2n) is 6.27. The maximum absolute atomic E-state index is 13.6. The van der Waals surface area contributed by atoms with E-state index in [4.69, 9.17) is 5.73 Å². The Labute approximate surface area is 111 Å². The lowest BCUT2D eigenvalue weighted by Crippen LogP contribution is -2.26. The standard InChI is InChI=1S/C14H21F2NS/c1-13(2,3)10-4-5-11-9(6-10)7-12(18-11)14(15,16)8-17/h7,10H,4-6,8,17H2,1-3H3. The highest BCUT2D eigenvalue weighted by molar-refractivity contribution is 7.12. The minimum absolute atomic E-state index is 0.143. The molecule has 4 heteroatoms. The number of alkyl halides is 2. The van der Waals surface area contributed by atoms with E-state index >= 15 is 0 Å². The first-order valence-corrected chi connectivity index (χ1v) is 7.25. The van der Waals surface area contributed by atoms with Gasteiger partial charge in [0.25, 0.3) is 5.92 Å². The molecule has 0 aromatic carbocycles. The predicted octanol–water partition coefficient (Wildman–Crippen LogP) is 3.95. The van der Waals surface area contributed by atoms with Crippen molar-refractivity contribution in [2.24, 2.45) is 17.1 Å². The van der Waals surface area contributed by atoms with Crippen LogP contribution in [0.15, 0.2) is 6.07 Å². The molecule has 18 heavy (non-hydrogen) atoms. The molecule has 2 N–H and O–H groups in total. The van der Waals surface area contributed by atoms with Crippen molar-refractivity contribution in [2.45, 2.75) is 46.0 Å². The smallest absolute Gasteiger partial charge is 0.294 e. The van der Waals surface area contributed by atoms with Crippen molar-refractivity contribution in [3.8, 4) is 0 Å². The number of aryl methyl sites for hydroxylation is 1. The summed E-state index contributed by atoms with van der Waals surface area (Å²) in [4.78, 5) is 1.28. The summed E-state index contributed by atoms with van der Waals surface area (Å²) in [7, 11) is 0. The van der Waals surface area contributed by atoms with Crippen molar-refractivity contribution in [1.29, 1.82) is 0 Å². The number of nitrogens with two attached hydrogens (primary N) is 1. The highest BCUT2D eigenvalue weighted by Gasteiger charge is 2.35. The summed E-state index contributed by atoms with van der Waals surface area (Å²) in [6.45, 7) is 6.08. The third-order valence-electron chi connectivity index (χ3n) is 3.92. The highest BCUT2D eigenvalue weighted by atomic mass is 32.1. The molecule has 1 aliphatic carbocycles. The summed E-state index contributed by atoms with van der Waals surface area (Å²) in [5.41, 5.74) is 6.52. The van der Waals surface area contributed by atoms with Crippen LogP contribution in [0.25, 0.3) is 0 Å². The van der Waals surface area contributed by atoms with Gasteiger partial charge in [0.1, 0.15) is 0 Å². The lowest BCUT2D eigenvalue weighted by Gasteiger charge is -2.33. The molecule has 0 aliphatic heterocycles. The molecule has 1 aliphatic rings. The van der Waals surface area contributed by atoms with Crippen molar-refractivity contribution in [3.63, 3.8) is 0 Å². The maximum Gasteiger partial charge on any atom is 0.294 e. The molecule has 0 radical (unpaired) electrons. The molecular weight excluding hydrogens is 252 g/mol. The lowest BCUT2D eigenvalue weighted by atomic mass is 9.72. The summed E-state index contributed by atoms with van der Waals surface area (Å²) >= 11 is 1.25. The number of rotatable bonds is 2. The fourth-order valence-electron chi connectivity index (χ4n) is 2.54. The molecule has 102 valence electrons. The second-order valence-corrected chi connectivity index (χ2v) is 7.41. The van der Waals surface area contributed by atoms with Gasteiger partial charge < -0.3 is 5.73 Å². The molecule has 1 aromatic heterocycles. The largest absolute Gasteiger partial charge is 0.325 e. The van der Waals surface area contributed by atoms with Crippen LogP contribution in [0.1, 0.15) is 42.5 Å². The molecule has 1 unspecified atom stereocenters. The zero-order valence-electron chi connectivity index (χ0n) is 11.2. The van der Waals surface area contributed by atoms with Gasteiger partial charge in [-0.1, -0.05) is 20.8 Å². The summed E-state index contributed by atoms with van der Waals surface area (Å²) < 4.78 is 27.2. The fourth-order valence-corrected chi connectivity index (χ4v) is 3.74. The van der Waals surface area contributed by atoms with Crippen LogP contribution >= 0.6 is 11.3 Å². The lowest BCUT2D eigenvalue weighted by molar-refractivity contribution is 0.00983. The second kappa shape index (κ2) is 4.57. The third kappa shape index (κ3) is 2.59. The Kier molecular flexibility index (Phi) is 3.54. The predicted molar refractivity (Wildman–Crippen MR) is 72.2 cm³/mol. The van der Waals surface area contributed by atoms with Crippen molar-refractivity contribution < 1.29 is 8.78 Å². The fraction of sp³-hybridized carbons (Fsp3) is 0.714. The quantitative estimate of drug-likeness (QED) is 0.867. The summed E-state index contributed by atoms with van der Waals surface area (Å²) in [6, 6.07) is 1.69. The molecule has 2 rings (SSSR count). The number of hydrogen-bond acceptors (Lipinski definition) is 2. The molecule has 1 aromatic rings. The van der Waals surface area contributed by atoms with Crippen LogP contribution in [0.4, 0.5) is 8.78 Å². The van der Waals surface area contributed by atoms with Gasteiger partial charge in [0.2, 0.25) is 0 Å². The molecule has 0 saturated carbocycles. The zero-order valence-corrected chi connectivity index (χ0v) is 12.0. The van der Waals surface area contributed by atoms with E-state index < -0.39 is 12.5 Å². The summed E-state index contributed by atoms with van der Waals surface area (Å²) in [5, 5.41) is 0. The van der Waals surface area contributed by atoms with Crippen LogP contribution in [0, 0.1) is 11.3 Å². The van der Waals surface area contributed by atoms with Crippen LogP contribution < -0.4 is 5.73 Å². The van der Waals surface area contributed by atoms with E-state index in [2.05, 4.69) is 20.8 Å². The minimum Gasteiger partial charge on any atom is -0.325 e. The van der Waals surface area contributed by atoms with Crippen molar-refractivity contribution >= 4 is 11.3 Å². The van der Waals surface area contributed by atoms with Crippen LogP contribution in [-0.4, -0.2) is 6.54 Å². The molecule has 0 bridgehead atoms. The maximum atomic E-state index is 13.6. The molecule has 1 atom stereocenters. The molecule has 0 fully saturated rings. The number of halogens is 2. The topological polar surface area (TPSA) is 26.0 Å². The molecule has 0 spiro atoms. The monoisotopic (exact) mass is 273 g/mol. The van der Waals surface area contributed by atoms with Gasteiger partial charge in [-0.15, -0.1) is 11.3 Å². The third-order valence-corrected chi connectivity index (χ3v) is 5.27. The zero-order chi connectivity index (χ0) is 13.6. The van der Waals surface area contributed by atoms with E-state index in [0.29, 0.717) is 5.92 Å². The number of fused-ring (bicyclic) bond motifs is 1. The molecule has 0 saturated heterocycles.